The predicted molar refractivity (Wildman–Crippen MR) is 85.8 cm³/mol. The van der Waals surface area contributed by atoms with Crippen LogP contribution in [0.1, 0.15) is 25.7 Å². The Bertz CT molecular complexity index is 596. The van der Waals surface area contributed by atoms with Gasteiger partial charge in [-0.2, -0.15) is 4.98 Å². The van der Waals surface area contributed by atoms with E-state index in [1.54, 1.807) is 0 Å². The maximum atomic E-state index is 8.89. The fourth-order valence-corrected chi connectivity index (χ4v) is 2.76. The van der Waals surface area contributed by atoms with Crippen LogP contribution in [0.3, 0.4) is 0 Å². The molecular weight excluding hydrogens is 264 g/mol. The van der Waals surface area contributed by atoms with Gasteiger partial charge in [0.2, 0.25) is 5.95 Å². The standard InChI is InChI=1S/C16H22N4O/c21-12-6-9-17-16-18-14-8-3-2-7-13(14)15(19-16)20-10-4-1-5-11-20/h2-3,7-8,21H,1,4-6,9-12H2,(H,17,18,19). The molecule has 0 saturated carbocycles. The average Bonchev–Trinajstić information content (AvgIpc) is 2.55. The normalized spacial score (nSPS) is 15.4. The van der Waals surface area contributed by atoms with Gasteiger partial charge in [0, 0.05) is 31.6 Å². The molecule has 1 aromatic carbocycles. The molecule has 2 heterocycles. The third-order valence-corrected chi connectivity index (χ3v) is 3.86. The molecule has 112 valence electrons. The number of piperidine rings is 1. The first-order valence-electron chi connectivity index (χ1n) is 7.75. The fraction of sp³-hybridized carbons (Fsp3) is 0.500. The molecule has 1 fully saturated rings. The third kappa shape index (κ3) is 3.24. The molecule has 0 bridgehead atoms. The van der Waals surface area contributed by atoms with E-state index in [4.69, 9.17) is 10.1 Å². The molecule has 2 N–H and O–H groups in total. The Hall–Kier alpha value is -1.88. The van der Waals surface area contributed by atoms with Crippen LogP contribution in [-0.4, -0.2) is 41.3 Å². The third-order valence-electron chi connectivity index (χ3n) is 3.86. The molecule has 0 spiro atoms. The van der Waals surface area contributed by atoms with Gasteiger partial charge in [0.05, 0.1) is 5.52 Å². The highest BCUT2D eigenvalue weighted by Gasteiger charge is 2.16. The zero-order valence-electron chi connectivity index (χ0n) is 12.3. The summed E-state index contributed by atoms with van der Waals surface area (Å²) in [6, 6.07) is 8.17. The van der Waals surface area contributed by atoms with E-state index in [-0.39, 0.29) is 6.61 Å². The summed E-state index contributed by atoms with van der Waals surface area (Å²) in [5.74, 6) is 1.69. The Balaban J connectivity index is 1.94. The monoisotopic (exact) mass is 286 g/mol. The van der Waals surface area contributed by atoms with Crippen molar-refractivity contribution in [3.8, 4) is 0 Å². The molecule has 1 aromatic heterocycles. The molecule has 0 amide bonds. The van der Waals surface area contributed by atoms with E-state index >= 15 is 0 Å². The number of hydrogen-bond acceptors (Lipinski definition) is 5. The number of aromatic nitrogens is 2. The van der Waals surface area contributed by atoms with Crippen molar-refractivity contribution in [2.45, 2.75) is 25.7 Å². The van der Waals surface area contributed by atoms with Crippen molar-refractivity contribution in [1.29, 1.82) is 0 Å². The summed E-state index contributed by atoms with van der Waals surface area (Å²) in [5.41, 5.74) is 0.972. The van der Waals surface area contributed by atoms with Crippen molar-refractivity contribution in [3.63, 3.8) is 0 Å². The quantitative estimate of drug-likeness (QED) is 0.827. The van der Waals surface area contributed by atoms with Crippen LogP contribution in [0.15, 0.2) is 24.3 Å². The van der Waals surface area contributed by atoms with Gasteiger partial charge >= 0.3 is 0 Å². The Morgan fingerprint density at radius 1 is 1.10 bits per heavy atom. The van der Waals surface area contributed by atoms with Crippen molar-refractivity contribution < 1.29 is 5.11 Å². The lowest BCUT2D eigenvalue weighted by Crippen LogP contribution is -2.30. The molecule has 0 aliphatic carbocycles. The van der Waals surface area contributed by atoms with Crippen LogP contribution < -0.4 is 10.2 Å². The highest BCUT2D eigenvalue weighted by molar-refractivity contribution is 5.90. The molecule has 1 saturated heterocycles. The molecule has 5 heteroatoms. The minimum atomic E-state index is 0.180. The van der Waals surface area contributed by atoms with Crippen LogP contribution in [0.5, 0.6) is 0 Å². The lowest BCUT2D eigenvalue weighted by molar-refractivity contribution is 0.292. The summed E-state index contributed by atoms with van der Waals surface area (Å²) in [5, 5.41) is 13.2. The van der Waals surface area contributed by atoms with Gasteiger partial charge < -0.3 is 15.3 Å². The fourth-order valence-electron chi connectivity index (χ4n) is 2.76. The van der Waals surface area contributed by atoms with Gasteiger partial charge in [-0.25, -0.2) is 4.98 Å². The summed E-state index contributed by atoms with van der Waals surface area (Å²) in [7, 11) is 0. The number of benzene rings is 1. The number of nitrogens with one attached hydrogen (secondary N) is 1. The van der Waals surface area contributed by atoms with E-state index in [2.05, 4.69) is 21.3 Å². The number of aliphatic hydroxyl groups excluding tert-OH is 1. The maximum Gasteiger partial charge on any atom is 0.225 e. The number of anilines is 2. The van der Waals surface area contributed by atoms with Gasteiger partial charge in [-0.05, 0) is 37.8 Å². The first-order chi connectivity index (χ1) is 10.4. The Morgan fingerprint density at radius 3 is 2.71 bits per heavy atom. The minimum absolute atomic E-state index is 0.180. The molecule has 0 radical (unpaired) electrons. The number of aliphatic hydroxyl groups is 1. The van der Waals surface area contributed by atoms with Crippen molar-refractivity contribution >= 4 is 22.7 Å². The van der Waals surface area contributed by atoms with E-state index in [9.17, 15) is 0 Å². The van der Waals surface area contributed by atoms with E-state index in [1.807, 2.05) is 18.2 Å². The minimum Gasteiger partial charge on any atom is -0.396 e. The zero-order chi connectivity index (χ0) is 14.5. The topological polar surface area (TPSA) is 61.3 Å². The van der Waals surface area contributed by atoms with Crippen molar-refractivity contribution in [2.75, 3.05) is 36.5 Å². The van der Waals surface area contributed by atoms with Crippen LogP contribution in [0, 0.1) is 0 Å². The van der Waals surface area contributed by atoms with E-state index in [1.165, 1.54) is 19.3 Å². The molecular formula is C16H22N4O. The second kappa shape index (κ2) is 6.72. The van der Waals surface area contributed by atoms with Crippen LogP contribution in [0.2, 0.25) is 0 Å². The Kier molecular flexibility index (Phi) is 4.50. The lowest BCUT2D eigenvalue weighted by Gasteiger charge is -2.28. The predicted octanol–water partition coefficient (Wildman–Crippen LogP) is 2.41. The van der Waals surface area contributed by atoms with Crippen LogP contribution in [0.4, 0.5) is 11.8 Å². The number of rotatable bonds is 5. The van der Waals surface area contributed by atoms with Gasteiger partial charge in [-0.15, -0.1) is 0 Å². The summed E-state index contributed by atoms with van der Waals surface area (Å²) >= 11 is 0. The summed E-state index contributed by atoms with van der Waals surface area (Å²) < 4.78 is 0. The Labute approximate surface area is 125 Å². The first kappa shape index (κ1) is 14.1. The second-order valence-corrected chi connectivity index (χ2v) is 5.44. The lowest BCUT2D eigenvalue weighted by atomic mass is 10.1. The molecule has 1 aliphatic rings. The number of fused-ring (bicyclic) bond motifs is 1. The zero-order valence-corrected chi connectivity index (χ0v) is 12.3. The van der Waals surface area contributed by atoms with E-state index < -0.39 is 0 Å². The SMILES string of the molecule is OCCCNc1nc(N2CCCCC2)c2ccccc2n1. The van der Waals surface area contributed by atoms with Crippen LogP contribution in [0.25, 0.3) is 10.9 Å². The van der Waals surface area contributed by atoms with Gasteiger partial charge in [-0.1, -0.05) is 12.1 Å². The highest BCUT2D eigenvalue weighted by atomic mass is 16.3. The maximum absolute atomic E-state index is 8.89. The summed E-state index contributed by atoms with van der Waals surface area (Å²) in [6.45, 7) is 3.00. The Morgan fingerprint density at radius 2 is 1.90 bits per heavy atom. The van der Waals surface area contributed by atoms with Crippen LogP contribution in [-0.2, 0) is 0 Å². The van der Waals surface area contributed by atoms with Gasteiger partial charge in [0.1, 0.15) is 5.82 Å². The highest BCUT2D eigenvalue weighted by Crippen LogP contribution is 2.27. The average molecular weight is 286 g/mol. The van der Waals surface area contributed by atoms with Gasteiger partial charge in [0.25, 0.3) is 0 Å². The summed E-state index contributed by atoms with van der Waals surface area (Å²) in [4.78, 5) is 11.7. The van der Waals surface area contributed by atoms with Crippen molar-refractivity contribution in [1.82, 2.24) is 9.97 Å². The molecule has 5 nitrogen and oxygen atoms in total. The number of para-hydroxylation sites is 1. The van der Waals surface area contributed by atoms with Gasteiger partial charge in [0.15, 0.2) is 0 Å². The molecule has 2 aromatic rings. The number of hydrogen-bond donors (Lipinski definition) is 2. The molecule has 1 aliphatic heterocycles. The van der Waals surface area contributed by atoms with E-state index in [0.717, 1.165) is 29.8 Å². The van der Waals surface area contributed by atoms with Crippen molar-refractivity contribution in [2.24, 2.45) is 0 Å². The largest absolute Gasteiger partial charge is 0.396 e. The van der Waals surface area contributed by atoms with E-state index in [0.29, 0.717) is 18.9 Å². The summed E-state index contributed by atoms with van der Waals surface area (Å²) in [6.07, 6.45) is 4.47. The second-order valence-electron chi connectivity index (χ2n) is 5.44. The van der Waals surface area contributed by atoms with Crippen molar-refractivity contribution in [3.05, 3.63) is 24.3 Å². The molecule has 0 atom stereocenters. The molecule has 3 rings (SSSR count). The molecule has 0 unspecified atom stereocenters. The van der Waals surface area contributed by atoms with Crippen LogP contribution >= 0.6 is 0 Å². The smallest absolute Gasteiger partial charge is 0.225 e. The van der Waals surface area contributed by atoms with Gasteiger partial charge in [-0.3, -0.25) is 0 Å². The number of nitrogens with zero attached hydrogens (tertiary/aromatic N) is 3. The molecule has 21 heavy (non-hydrogen) atoms. The first-order valence-corrected chi connectivity index (χ1v) is 7.75.